The summed E-state index contributed by atoms with van der Waals surface area (Å²) in [5.74, 6) is 0.609. The van der Waals surface area contributed by atoms with E-state index in [1.165, 1.54) is 11.3 Å². The first kappa shape index (κ1) is 21.0. The Morgan fingerprint density at radius 3 is 2.48 bits per heavy atom. The highest BCUT2D eigenvalue weighted by Crippen LogP contribution is 2.29. The Balaban J connectivity index is 1.40. The number of ether oxygens (including phenoxy) is 1. The number of carbonyl (C=O) groups excluding carboxylic acids is 3. The summed E-state index contributed by atoms with van der Waals surface area (Å²) in [7, 11) is 1.63. The van der Waals surface area contributed by atoms with E-state index in [1.54, 1.807) is 13.2 Å². The van der Waals surface area contributed by atoms with Crippen molar-refractivity contribution in [3.8, 4) is 5.75 Å². The van der Waals surface area contributed by atoms with Crippen molar-refractivity contribution in [3.63, 3.8) is 0 Å². The first-order chi connectivity index (χ1) is 14.1. The lowest BCUT2D eigenvalue weighted by atomic mass is 10.2. The van der Waals surface area contributed by atoms with Crippen molar-refractivity contribution in [2.45, 2.75) is 44.7 Å². The molecule has 0 unspecified atom stereocenters. The second kappa shape index (κ2) is 10.2. The van der Waals surface area contributed by atoms with Crippen molar-refractivity contribution in [3.05, 3.63) is 52.2 Å². The SMILES string of the molecule is COc1ccc(CN(C(=O)CCNC(=O)CCC(=O)c2cccs2)C2CC2)cc1. The number of Topliss-reactive ketones (excluding diaryl/α,β-unsaturated/α-hetero) is 1. The van der Waals surface area contributed by atoms with E-state index in [0.717, 1.165) is 24.2 Å². The van der Waals surface area contributed by atoms with Gasteiger partial charge < -0.3 is 15.0 Å². The zero-order chi connectivity index (χ0) is 20.6. The van der Waals surface area contributed by atoms with Crippen LogP contribution in [0.4, 0.5) is 0 Å². The lowest BCUT2D eigenvalue weighted by molar-refractivity contribution is -0.132. The van der Waals surface area contributed by atoms with E-state index in [4.69, 9.17) is 4.74 Å². The second-order valence-electron chi connectivity index (χ2n) is 7.10. The molecule has 29 heavy (non-hydrogen) atoms. The molecule has 6 nitrogen and oxygen atoms in total. The Morgan fingerprint density at radius 2 is 1.86 bits per heavy atom. The van der Waals surface area contributed by atoms with Crippen molar-refractivity contribution >= 4 is 28.9 Å². The third-order valence-electron chi connectivity index (χ3n) is 4.86. The molecule has 7 heteroatoms. The van der Waals surface area contributed by atoms with E-state index in [2.05, 4.69) is 5.32 Å². The van der Waals surface area contributed by atoms with Gasteiger partial charge in [-0.15, -0.1) is 11.3 Å². The Kier molecular flexibility index (Phi) is 7.41. The van der Waals surface area contributed by atoms with Crippen LogP contribution in [0.5, 0.6) is 5.75 Å². The van der Waals surface area contributed by atoms with E-state index >= 15 is 0 Å². The number of amides is 2. The van der Waals surface area contributed by atoms with Crippen LogP contribution in [0.2, 0.25) is 0 Å². The Morgan fingerprint density at radius 1 is 1.10 bits per heavy atom. The molecule has 1 heterocycles. The van der Waals surface area contributed by atoms with Gasteiger partial charge in [-0.1, -0.05) is 18.2 Å². The summed E-state index contributed by atoms with van der Waals surface area (Å²) < 4.78 is 5.17. The minimum atomic E-state index is -0.198. The maximum atomic E-state index is 12.7. The molecule has 1 aromatic heterocycles. The highest BCUT2D eigenvalue weighted by molar-refractivity contribution is 7.12. The van der Waals surface area contributed by atoms with Crippen molar-refractivity contribution < 1.29 is 19.1 Å². The maximum Gasteiger partial charge on any atom is 0.224 e. The molecule has 3 rings (SSSR count). The molecular formula is C22H26N2O4S. The summed E-state index contributed by atoms with van der Waals surface area (Å²) in [6.07, 6.45) is 2.64. The van der Waals surface area contributed by atoms with Gasteiger partial charge in [0.25, 0.3) is 0 Å². The van der Waals surface area contributed by atoms with E-state index < -0.39 is 0 Å². The van der Waals surface area contributed by atoms with E-state index in [1.807, 2.05) is 40.6 Å². The van der Waals surface area contributed by atoms with Gasteiger partial charge in [0.2, 0.25) is 11.8 Å². The number of nitrogens with one attached hydrogen (secondary N) is 1. The molecule has 0 atom stereocenters. The molecule has 0 aliphatic heterocycles. The highest BCUT2D eigenvalue weighted by Gasteiger charge is 2.32. The topological polar surface area (TPSA) is 75.7 Å². The molecule has 1 N–H and O–H groups in total. The molecule has 2 aromatic rings. The smallest absolute Gasteiger partial charge is 0.224 e. The number of hydrogen-bond acceptors (Lipinski definition) is 5. The van der Waals surface area contributed by atoms with Crippen LogP contribution in [0.1, 0.15) is 47.3 Å². The number of thiophene rings is 1. The molecular weight excluding hydrogens is 388 g/mol. The Labute approximate surface area is 174 Å². The fourth-order valence-electron chi connectivity index (χ4n) is 3.06. The van der Waals surface area contributed by atoms with Gasteiger partial charge >= 0.3 is 0 Å². The summed E-state index contributed by atoms with van der Waals surface area (Å²) in [5, 5.41) is 4.60. The molecule has 0 saturated heterocycles. The average molecular weight is 415 g/mol. The monoisotopic (exact) mass is 414 g/mol. The fraction of sp³-hybridized carbons (Fsp3) is 0.409. The number of benzene rings is 1. The Bertz CT molecular complexity index is 829. The predicted octanol–water partition coefficient (Wildman–Crippen LogP) is 3.42. The van der Waals surface area contributed by atoms with Gasteiger partial charge in [0.15, 0.2) is 5.78 Å². The van der Waals surface area contributed by atoms with Gasteiger partial charge in [0.1, 0.15) is 5.75 Å². The fourth-order valence-corrected chi connectivity index (χ4v) is 3.76. The van der Waals surface area contributed by atoms with Gasteiger partial charge in [0, 0.05) is 38.4 Å². The number of rotatable bonds is 11. The number of carbonyl (C=O) groups is 3. The summed E-state index contributed by atoms with van der Waals surface area (Å²) >= 11 is 1.38. The number of ketones is 1. The maximum absolute atomic E-state index is 12.7. The quantitative estimate of drug-likeness (QED) is 0.572. The van der Waals surface area contributed by atoms with Crippen molar-refractivity contribution in [2.24, 2.45) is 0 Å². The first-order valence-corrected chi connectivity index (χ1v) is 10.7. The minimum Gasteiger partial charge on any atom is -0.497 e. The average Bonchev–Trinajstić information content (AvgIpc) is 3.42. The van der Waals surface area contributed by atoms with Gasteiger partial charge in [-0.3, -0.25) is 14.4 Å². The van der Waals surface area contributed by atoms with Crippen molar-refractivity contribution in [2.75, 3.05) is 13.7 Å². The number of nitrogens with zero attached hydrogens (tertiary/aromatic N) is 1. The van der Waals surface area contributed by atoms with Crippen LogP contribution >= 0.6 is 11.3 Å². The van der Waals surface area contributed by atoms with Crippen LogP contribution in [0.3, 0.4) is 0 Å². The van der Waals surface area contributed by atoms with E-state index in [0.29, 0.717) is 17.5 Å². The summed E-state index contributed by atoms with van der Waals surface area (Å²) in [4.78, 5) is 39.1. The molecule has 1 saturated carbocycles. The van der Waals surface area contributed by atoms with Gasteiger partial charge in [-0.05, 0) is 42.0 Å². The first-order valence-electron chi connectivity index (χ1n) is 9.82. The molecule has 0 radical (unpaired) electrons. The third kappa shape index (κ3) is 6.42. The summed E-state index contributed by atoms with van der Waals surface area (Å²) in [6.45, 7) is 0.855. The van der Waals surface area contributed by atoms with Crippen LogP contribution in [0, 0.1) is 0 Å². The molecule has 1 aliphatic rings. The standard InChI is InChI=1S/C22H26N2O4S/c1-28-18-8-4-16(5-9-18)15-24(17-6-7-17)22(27)12-13-23-21(26)11-10-19(25)20-3-2-14-29-20/h2-5,8-9,14,17H,6-7,10-13,15H2,1H3,(H,23,26). The van der Waals surface area contributed by atoms with Crippen LogP contribution in [0.25, 0.3) is 0 Å². The number of hydrogen-bond donors (Lipinski definition) is 1. The van der Waals surface area contributed by atoms with Crippen molar-refractivity contribution in [1.82, 2.24) is 10.2 Å². The third-order valence-corrected chi connectivity index (χ3v) is 5.77. The van der Waals surface area contributed by atoms with Gasteiger partial charge in [-0.2, -0.15) is 0 Å². The molecule has 0 spiro atoms. The highest BCUT2D eigenvalue weighted by atomic mass is 32.1. The Hall–Kier alpha value is -2.67. The van der Waals surface area contributed by atoms with E-state index in [9.17, 15) is 14.4 Å². The number of methoxy groups -OCH3 is 1. The van der Waals surface area contributed by atoms with Crippen LogP contribution in [-0.2, 0) is 16.1 Å². The molecule has 2 amide bonds. The second-order valence-corrected chi connectivity index (χ2v) is 8.05. The summed E-state index contributed by atoms with van der Waals surface area (Å²) in [5.41, 5.74) is 1.06. The normalized spacial score (nSPS) is 13.0. The van der Waals surface area contributed by atoms with Crippen LogP contribution < -0.4 is 10.1 Å². The zero-order valence-electron chi connectivity index (χ0n) is 16.6. The lowest BCUT2D eigenvalue weighted by Gasteiger charge is -2.23. The van der Waals surface area contributed by atoms with Gasteiger partial charge in [-0.25, -0.2) is 0 Å². The molecule has 1 aliphatic carbocycles. The zero-order valence-corrected chi connectivity index (χ0v) is 17.4. The van der Waals surface area contributed by atoms with Crippen LogP contribution in [-0.4, -0.2) is 42.2 Å². The largest absolute Gasteiger partial charge is 0.497 e. The summed E-state index contributed by atoms with van der Waals surface area (Å²) in [6, 6.07) is 11.6. The molecule has 0 bridgehead atoms. The lowest BCUT2D eigenvalue weighted by Crippen LogP contribution is -2.35. The molecule has 154 valence electrons. The van der Waals surface area contributed by atoms with Gasteiger partial charge in [0.05, 0.1) is 12.0 Å². The van der Waals surface area contributed by atoms with E-state index in [-0.39, 0.29) is 43.4 Å². The molecule has 1 fully saturated rings. The van der Waals surface area contributed by atoms with Crippen molar-refractivity contribution in [1.29, 1.82) is 0 Å². The predicted molar refractivity (Wildman–Crippen MR) is 112 cm³/mol. The minimum absolute atomic E-state index is 0.0226. The molecule has 1 aromatic carbocycles. The van der Waals surface area contributed by atoms with Crippen LogP contribution in [0.15, 0.2) is 41.8 Å².